The SMILES string of the molecule is CNC(c1cncc(OC(C)C)c1)c1ncc(C)cn1. The first kappa shape index (κ1) is 14.4. The number of aromatic nitrogens is 3. The number of nitrogens with one attached hydrogen (secondary N) is 1. The van der Waals surface area contributed by atoms with Crippen LogP contribution in [0.2, 0.25) is 0 Å². The quantitative estimate of drug-likeness (QED) is 0.904. The third kappa shape index (κ3) is 3.51. The van der Waals surface area contributed by atoms with E-state index in [4.69, 9.17) is 4.74 Å². The van der Waals surface area contributed by atoms with Gasteiger partial charge in [-0.2, -0.15) is 0 Å². The summed E-state index contributed by atoms with van der Waals surface area (Å²) in [5.74, 6) is 1.48. The molecule has 0 saturated heterocycles. The lowest BCUT2D eigenvalue weighted by atomic mass is 10.1. The molecule has 0 aliphatic carbocycles. The lowest BCUT2D eigenvalue weighted by Crippen LogP contribution is -2.20. The lowest BCUT2D eigenvalue weighted by molar-refractivity contribution is 0.241. The molecule has 0 radical (unpaired) electrons. The van der Waals surface area contributed by atoms with Crippen LogP contribution in [0.4, 0.5) is 0 Å². The van der Waals surface area contributed by atoms with Gasteiger partial charge in [-0.25, -0.2) is 9.97 Å². The molecule has 0 saturated carbocycles. The van der Waals surface area contributed by atoms with Crippen molar-refractivity contribution >= 4 is 0 Å². The fraction of sp³-hybridized carbons (Fsp3) is 0.400. The van der Waals surface area contributed by atoms with Crippen molar-refractivity contribution in [1.82, 2.24) is 20.3 Å². The van der Waals surface area contributed by atoms with Gasteiger partial charge >= 0.3 is 0 Å². The Morgan fingerprint density at radius 2 is 1.80 bits per heavy atom. The molecular weight excluding hydrogens is 252 g/mol. The number of rotatable bonds is 5. The zero-order valence-electron chi connectivity index (χ0n) is 12.3. The van der Waals surface area contributed by atoms with Crippen molar-refractivity contribution in [2.45, 2.75) is 32.9 Å². The predicted octanol–water partition coefficient (Wildman–Crippen LogP) is 2.28. The first-order valence-electron chi connectivity index (χ1n) is 6.67. The highest BCUT2D eigenvalue weighted by Gasteiger charge is 2.16. The van der Waals surface area contributed by atoms with Gasteiger partial charge in [0, 0.05) is 18.6 Å². The Kier molecular flexibility index (Phi) is 4.63. The molecule has 0 aromatic carbocycles. The van der Waals surface area contributed by atoms with Gasteiger partial charge in [0.2, 0.25) is 0 Å². The zero-order valence-corrected chi connectivity index (χ0v) is 12.3. The second-order valence-corrected chi connectivity index (χ2v) is 4.96. The molecule has 2 aromatic heterocycles. The van der Waals surface area contributed by atoms with Crippen molar-refractivity contribution in [2.75, 3.05) is 7.05 Å². The Bertz CT molecular complexity index is 554. The zero-order chi connectivity index (χ0) is 14.5. The van der Waals surface area contributed by atoms with E-state index in [1.807, 2.05) is 46.3 Å². The Balaban J connectivity index is 2.29. The van der Waals surface area contributed by atoms with Crippen LogP contribution in [0.25, 0.3) is 0 Å². The number of pyridine rings is 1. The largest absolute Gasteiger partial charge is 0.489 e. The maximum absolute atomic E-state index is 5.67. The maximum atomic E-state index is 5.67. The third-order valence-electron chi connectivity index (χ3n) is 2.79. The topological polar surface area (TPSA) is 59.9 Å². The average Bonchev–Trinajstić information content (AvgIpc) is 2.41. The summed E-state index contributed by atoms with van der Waals surface area (Å²) in [5, 5.41) is 3.21. The van der Waals surface area contributed by atoms with E-state index >= 15 is 0 Å². The number of hydrogen-bond donors (Lipinski definition) is 1. The van der Waals surface area contributed by atoms with Crippen LogP contribution in [0.3, 0.4) is 0 Å². The summed E-state index contributed by atoms with van der Waals surface area (Å²) < 4.78 is 5.67. The van der Waals surface area contributed by atoms with Crippen LogP contribution in [-0.4, -0.2) is 28.1 Å². The summed E-state index contributed by atoms with van der Waals surface area (Å²) in [6, 6.07) is 1.87. The van der Waals surface area contributed by atoms with Gasteiger partial charge in [0.1, 0.15) is 11.6 Å². The summed E-state index contributed by atoms with van der Waals surface area (Å²) in [4.78, 5) is 13.0. The fourth-order valence-corrected chi connectivity index (χ4v) is 1.93. The van der Waals surface area contributed by atoms with Crippen LogP contribution in [-0.2, 0) is 0 Å². The highest BCUT2D eigenvalue weighted by molar-refractivity contribution is 5.29. The Morgan fingerprint density at radius 1 is 1.10 bits per heavy atom. The number of nitrogens with zero attached hydrogens (tertiary/aromatic N) is 3. The van der Waals surface area contributed by atoms with Gasteiger partial charge in [0.05, 0.1) is 18.3 Å². The lowest BCUT2D eigenvalue weighted by Gasteiger charge is -2.16. The van der Waals surface area contributed by atoms with E-state index in [0.717, 1.165) is 22.7 Å². The molecule has 0 aliphatic rings. The standard InChI is InChI=1S/C15H20N4O/c1-10(2)20-13-5-12(8-17-9-13)14(16-4)15-18-6-11(3)7-19-15/h5-10,14,16H,1-4H3. The van der Waals surface area contributed by atoms with E-state index in [1.54, 1.807) is 12.4 Å². The molecule has 2 rings (SSSR count). The van der Waals surface area contributed by atoms with E-state index in [-0.39, 0.29) is 12.1 Å². The van der Waals surface area contributed by atoms with Crippen LogP contribution in [0.15, 0.2) is 30.9 Å². The molecule has 1 unspecified atom stereocenters. The number of aryl methyl sites for hydroxylation is 1. The van der Waals surface area contributed by atoms with Crippen LogP contribution in [0.1, 0.15) is 36.8 Å². The van der Waals surface area contributed by atoms with Gasteiger partial charge in [-0.1, -0.05) is 0 Å². The van der Waals surface area contributed by atoms with Crippen molar-refractivity contribution in [2.24, 2.45) is 0 Å². The number of hydrogen-bond acceptors (Lipinski definition) is 5. The van der Waals surface area contributed by atoms with Crippen LogP contribution >= 0.6 is 0 Å². The molecule has 0 aliphatic heterocycles. The predicted molar refractivity (Wildman–Crippen MR) is 77.7 cm³/mol. The Hall–Kier alpha value is -2.01. The van der Waals surface area contributed by atoms with Gasteiger partial charge in [-0.15, -0.1) is 0 Å². The van der Waals surface area contributed by atoms with Gasteiger partial charge < -0.3 is 10.1 Å². The third-order valence-corrected chi connectivity index (χ3v) is 2.79. The monoisotopic (exact) mass is 272 g/mol. The first-order valence-corrected chi connectivity index (χ1v) is 6.67. The molecule has 1 atom stereocenters. The summed E-state index contributed by atoms with van der Waals surface area (Å²) in [6.07, 6.45) is 7.27. The van der Waals surface area contributed by atoms with E-state index in [2.05, 4.69) is 20.3 Å². The Labute approximate surface area is 119 Å². The van der Waals surface area contributed by atoms with Crippen molar-refractivity contribution in [1.29, 1.82) is 0 Å². The molecule has 2 heterocycles. The van der Waals surface area contributed by atoms with Crippen LogP contribution in [0.5, 0.6) is 5.75 Å². The average molecular weight is 272 g/mol. The normalized spacial score (nSPS) is 12.4. The molecule has 0 amide bonds. The van der Waals surface area contributed by atoms with E-state index < -0.39 is 0 Å². The van der Waals surface area contributed by atoms with Crippen molar-refractivity contribution < 1.29 is 4.74 Å². The number of ether oxygens (including phenoxy) is 1. The van der Waals surface area contributed by atoms with E-state index in [9.17, 15) is 0 Å². The van der Waals surface area contributed by atoms with Crippen LogP contribution < -0.4 is 10.1 Å². The molecule has 0 bridgehead atoms. The molecular formula is C15H20N4O. The minimum absolute atomic E-state index is 0.0983. The second-order valence-electron chi connectivity index (χ2n) is 4.96. The molecule has 0 spiro atoms. The van der Waals surface area contributed by atoms with Gasteiger partial charge in [0.25, 0.3) is 0 Å². The van der Waals surface area contributed by atoms with Gasteiger partial charge in [-0.05, 0) is 45.0 Å². The minimum atomic E-state index is -0.0983. The molecule has 5 nitrogen and oxygen atoms in total. The summed E-state index contributed by atoms with van der Waals surface area (Å²) in [5.41, 5.74) is 2.02. The molecule has 20 heavy (non-hydrogen) atoms. The summed E-state index contributed by atoms with van der Waals surface area (Å²) >= 11 is 0. The van der Waals surface area contributed by atoms with Crippen molar-refractivity contribution in [3.8, 4) is 5.75 Å². The Morgan fingerprint density at radius 3 is 2.40 bits per heavy atom. The van der Waals surface area contributed by atoms with Crippen molar-refractivity contribution in [3.63, 3.8) is 0 Å². The fourth-order valence-electron chi connectivity index (χ4n) is 1.93. The minimum Gasteiger partial charge on any atom is -0.489 e. The van der Waals surface area contributed by atoms with Gasteiger partial charge in [-0.3, -0.25) is 4.98 Å². The van der Waals surface area contributed by atoms with Crippen LogP contribution in [0, 0.1) is 6.92 Å². The maximum Gasteiger partial charge on any atom is 0.149 e. The van der Waals surface area contributed by atoms with Gasteiger partial charge in [0.15, 0.2) is 0 Å². The van der Waals surface area contributed by atoms with E-state index in [0.29, 0.717) is 0 Å². The highest BCUT2D eigenvalue weighted by atomic mass is 16.5. The van der Waals surface area contributed by atoms with Crippen molar-refractivity contribution in [3.05, 3.63) is 47.8 Å². The summed E-state index contributed by atoms with van der Waals surface area (Å²) in [6.45, 7) is 5.95. The molecule has 0 fully saturated rings. The smallest absolute Gasteiger partial charge is 0.149 e. The van der Waals surface area contributed by atoms with E-state index in [1.165, 1.54) is 0 Å². The highest BCUT2D eigenvalue weighted by Crippen LogP contribution is 2.22. The summed E-state index contributed by atoms with van der Waals surface area (Å²) in [7, 11) is 1.88. The molecule has 1 N–H and O–H groups in total. The first-order chi connectivity index (χ1) is 9.60. The molecule has 2 aromatic rings. The second kappa shape index (κ2) is 6.43. The molecule has 5 heteroatoms. The molecule has 106 valence electrons.